The molecule has 3 rings (SSSR count). The van der Waals surface area contributed by atoms with Crippen LogP contribution in [-0.4, -0.2) is 0 Å². The number of benzene rings is 3. The number of halogens is 1. The van der Waals surface area contributed by atoms with Gasteiger partial charge >= 0.3 is 0 Å². The van der Waals surface area contributed by atoms with Gasteiger partial charge in [-0.2, -0.15) is 5.26 Å². The highest BCUT2D eigenvalue weighted by atomic mass is 35.5. The van der Waals surface area contributed by atoms with Crippen molar-refractivity contribution >= 4 is 11.6 Å². The summed E-state index contributed by atoms with van der Waals surface area (Å²) in [6.07, 6.45) is 0. The van der Waals surface area contributed by atoms with E-state index in [1.54, 1.807) is 0 Å². The molecule has 0 amide bonds. The van der Waals surface area contributed by atoms with Gasteiger partial charge in [0.2, 0.25) is 0 Å². The summed E-state index contributed by atoms with van der Waals surface area (Å²) in [5.74, 6) is 0. The number of rotatable bonds is 5. The van der Waals surface area contributed by atoms with E-state index in [1.807, 2.05) is 60.7 Å². The summed E-state index contributed by atoms with van der Waals surface area (Å²) in [6, 6.07) is 29.5. The van der Waals surface area contributed by atoms with E-state index in [0.717, 1.165) is 16.7 Å². The first-order valence-electron chi connectivity index (χ1n) is 7.79. The van der Waals surface area contributed by atoms with Crippen molar-refractivity contribution in [2.24, 2.45) is 0 Å². The number of nitrogens with zero attached hydrogens (tertiary/aromatic N) is 1. The van der Waals surface area contributed by atoms with Crippen LogP contribution < -0.4 is 5.32 Å². The molecule has 3 aromatic carbocycles. The van der Waals surface area contributed by atoms with Crippen LogP contribution in [0.15, 0.2) is 84.9 Å². The normalized spacial score (nSPS) is 11.9. The summed E-state index contributed by atoms with van der Waals surface area (Å²) >= 11 is 6.08. The standard InChI is InChI=1S/C21H17ClN2/c22-19-13-7-12-18(14-19)20(15-23)24-21(16-8-3-1-4-9-16)17-10-5-2-6-11-17/h1-14,20-21,24H/t20-/m1/s1. The predicted octanol–water partition coefficient (Wildman–Crippen LogP) is 5.28. The second-order valence-electron chi connectivity index (χ2n) is 5.54. The van der Waals surface area contributed by atoms with Gasteiger partial charge in [-0.25, -0.2) is 0 Å². The van der Waals surface area contributed by atoms with E-state index in [2.05, 4.69) is 35.7 Å². The molecule has 0 radical (unpaired) electrons. The SMILES string of the molecule is N#C[C@@H](NC(c1ccccc1)c1ccccc1)c1cccc(Cl)c1. The molecule has 118 valence electrons. The minimum atomic E-state index is -0.450. The van der Waals surface area contributed by atoms with Gasteiger partial charge in [0.15, 0.2) is 0 Å². The molecule has 0 unspecified atom stereocenters. The smallest absolute Gasteiger partial charge is 0.122 e. The van der Waals surface area contributed by atoms with Crippen LogP contribution in [0.5, 0.6) is 0 Å². The zero-order valence-corrected chi connectivity index (χ0v) is 13.8. The summed E-state index contributed by atoms with van der Waals surface area (Å²) in [5, 5.41) is 13.7. The van der Waals surface area contributed by atoms with Crippen LogP contribution in [0.4, 0.5) is 0 Å². The highest BCUT2D eigenvalue weighted by Crippen LogP contribution is 2.26. The van der Waals surface area contributed by atoms with E-state index in [1.165, 1.54) is 0 Å². The maximum atomic E-state index is 9.66. The summed E-state index contributed by atoms with van der Waals surface area (Å²) in [4.78, 5) is 0. The molecule has 1 atom stereocenters. The van der Waals surface area contributed by atoms with Crippen molar-refractivity contribution < 1.29 is 0 Å². The lowest BCUT2D eigenvalue weighted by molar-refractivity contribution is 0.559. The molecule has 0 aliphatic heterocycles. The third kappa shape index (κ3) is 3.83. The molecule has 24 heavy (non-hydrogen) atoms. The van der Waals surface area contributed by atoms with E-state index in [-0.39, 0.29) is 6.04 Å². The van der Waals surface area contributed by atoms with E-state index >= 15 is 0 Å². The van der Waals surface area contributed by atoms with Crippen LogP contribution in [0.2, 0.25) is 5.02 Å². The Bertz CT molecular complexity index is 786. The van der Waals surface area contributed by atoms with Crippen molar-refractivity contribution in [3.8, 4) is 6.07 Å². The Morgan fingerprint density at radius 2 is 1.29 bits per heavy atom. The molecule has 0 saturated carbocycles. The van der Waals surface area contributed by atoms with E-state index in [4.69, 9.17) is 11.6 Å². The van der Waals surface area contributed by atoms with Crippen LogP contribution in [0.1, 0.15) is 28.8 Å². The van der Waals surface area contributed by atoms with Crippen LogP contribution in [0.25, 0.3) is 0 Å². The fourth-order valence-corrected chi connectivity index (χ4v) is 2.94. The molecule has 0 aromatic heterocycles. The predicted molar refractivity (Wildman–Crippen MR) is 97.7 cm³/mol. The highest BCUT2D eigenvalue weighted by Gasteiger charge is 2.19. The molecule has 0 bridgehead atoms. The molecule has 0 heterocycles. The molecule has 0 aliphatic carbocycles. The van der Waals surface area contributed by atoms with E-state index < -0.39 is 6.04 Å². The zero-order valence-electron chi connectivity index (χ0n) is 13.1. The van der Waals surface area contributed by atoms with Gasteiger partial charge in [0.1, 0.15) is 6.04 Å². The van der Waals surface area contributed by atoms with Gasteiger partial charge in [0.05, 0.1) is 12.1 Å². The fraction of sp³-hybridized carbons (Fsp3) is 0.0952. The Morgan fingerprint density at radius 3 is 1.79 bits per heavy atom. The van der Waals surface area contributed by atoms with Crippen molar-refractivity contribution in [2.75, 3.05) is 0 Å². The van der Waals surface area contributed by atoms with Gasteiger partial charge in [-0.05, 0) is 28.8 Å². The molecule has 0 saturated heterocycles. The maximum absolute atomic E-state index is 9.66. The zero-order chi connectivity index (χ0) is 16.8. The Hall–Kier alpha value is -2.60. The highest BCUT2D eigenvalue weighted by molar-refractivity contribution is 6.30. The van der Waals surface area contributed by atoms with Gasteiger partial charge in [-0.1, -0.05) is 84.4 Å². The Kier molecular flexibility index (Phi) is 5.28. The molecular weight excluding hydrogens is 316 g/mol. The monoisotopic (exact) mass is 332 g/mol. The maximum Gasteiger partial charge on any atom is 0.122 e. The summed E-state index contributed by atoms with van der Waals surface area (Å²) in [5.41, 5.74) is 3.10. The van der Waals surface area contributed by atoms with Gasteiger partial charge in [-0.3, -0.25) is 5.32 Å². The third-order valence-corrected chi connectivity index (χ3v) is 4.15. The van der Waals surface area contributed by atoms with Crippen molar-refractivity contribution in [1.82, 2.24) is 5.32 Å². The number of hydrogen-bond donors (Lipinski definition) is 1. The molecule has 0 spiro atoms. The lowest BCUT2D eigenvalue weighted by Gasteiger charge is -2.23. The average Bonchev–Trinajstić information content (AvgIpc) is 2.64. The summed E-state index contributed by atoms with van der Waals surface area (Å²) < 4.78 is 0. The van der Waals surface area contributed by atoms with Gasteiger partial charge in [-0.15, -0.1) is 0 Å². The van der Waals surface area contributed by atoms with E-state index in [0.29, 0.717) is 5.02 Å². The number of nitriles is 1. The van der Waals surface area contributed by atoms with Gasteiger partial charge in [0, 0.05) is 5.02 Å². The molecule has 1 N–H and O–H groups in total. The van der Waals surface area contributed by atoms with E-state index in [9.17, 15) is 5.26 Å². The fourth-order valence-electron chi connectivity index (χ4n) is 2.74. The van der Waals surface area contributed by atoms with Crippen molar-refractivity contribution in [2.45, 2.75) is 12.1 Å². The van der Waals surface area contributed by atoms with Crippen LogP contribution in [0.3, 0.4) is 0 Å². The minimum absolute atomic E-state index is 0.0731. The largest absolute Gasteiger partial charge is 0.287 e. The van der Waals surface area contributed by atoms with Crippen LogP contribution in [0, 0.1) is 11.3 Å². The molecule has 3 aromatic rings. The summed E-state index contributed by atoms with van der Waals surface area (Å²) in [7, 11) is 0. The average molecular weight is 333 g/mol. The molecular formula is C21H17ClN2. The molecule has 2 nitrogen and oxygen atoms in total. The van der Waals surface area contributed by atoms with Gasteiger partial charge < -0.3 is 0 Å². The van der Waals surface area contributed by atoms with Crippen molar-refractivity contribution in [3.63, 3.8) is 0 Å². The Labute approximate surface area is 147 Å². The van der Waals surface area contributed by atoms with Crippen LogP contribution in [-0.2, 0) is 0 Å². The first-order valence-corrected chi connectivity index (χ1v) is 8.17. The molecule has 0 aliphatic rings. The number of nitrogens with one attached hydrogen (secondary N) is 1. The lowest BCUT2D eigenvalue weighted by Crippen LogP contribution is -2.26. The Balaban J connectivity index is 1.96. The van der Waals surface area contributed by atoms with Crippen molar-refractivity contribution in [1.29, 1.82) is 5.26 Å². The topological polar surface area (TPSA) is 35.8 Å². The molecule has 3 heteroatoms. The van der Waals surface area contributed by atoms with Crippen LogP contribution >= 0.6 is 11.6 Å². The second-order valence-corrected chi connectivity index (χ2v) is 5.97. The summed E-state index contributed by atoms with van der Waals surface area (Å²) in [6.45, 7) is 0. The quantitative estimate of drug-likeness (QED) is 0.689. The minimum Gasteiger partial charge on any atom is -0.287 e. The Morgan fingerprint density at radius 1 is 0.750 bits per heavy atom. The van der Waals surface area contributed by atoms with Crippen molar-refractivity contribution in [3.05, 3.63) is 107 Å². The first kappa shape index (κ1) is 16.3. The third-order valence-electron chi connectivity index (χ3n) is 3.91. The lowest BCUT2D eigenvalue weighted by atomic mass is 9.96. The number of hydrogen-bond acceptors (Lipinski definition) is 2. The second kappa shape index (κ2) is 7.79. The molecule has 0 fully saturated rings. The first-order chi connectivity index (χ1) is 11.8. The van der Waals surface area contributed by atoms with Gasteiger partial charge in [0.25, 0.3) is 0 Å².